The van der Waals surface area contributed by atoms with E-state index in [9.17, 15) is 24.6 Å². The molecule has 0 aromatic heterocycles. The average molecular weight is 372 g/mol. The molecule has 0 amide bonds. The van der Waals surface area contributed by atoms with Crippen LogP contribution >= 0.6 is 0 Å². The average Bonchev–Trinajstić information content (AvgIpc) is 2.59. The quantitative estimate of drug-likeness (QED) is 0.203. The van der Waals surface area contributed by atoms with Gasteiger partial charge in [-0.25, -0.2) is 0 Å². The summed E-state index contributed by atoms with van der Waals surface area (Å²) in [6, 6.07) is 0. The van der Waals surface area contributed by atoms with Crippen molar-refractivity contribution < 1.29 is 38.8 Å². The van der Waals surface area contributed by atoms with Crippen LogP contribution in [0, 0.1) is 5.41 Å². The van der Waals surface area contributed by atoms with Gasteiger partial charge in [0, 0.05) is 25.7 Å². The van der Waals surface area contributed by atoms with Gasteiger partial charge in [-0.15, -0.1) is 0 Å². The van der Waals surface area contributed by atoms with E-state index in [-0.39, 0.29) is 26.2 Å². The van der Waals surface area contributed by atoms with Crippen molar-refractivity contribution in [3.05, 3.63) is 12.2 Å². The molecule has 8 heteroatoms. The van der Waals surface area contributed by atoms with Crippen molar-refractivity contribution in [1.29, 1.82) is 0 Å². The summed E-state index contributed by atoms with van der Waals surface area (Å²) in [6.45, 7) is 5.90. The van der Waals surface area contributed by atoms with E-state index in [0.717, 1.165) is 25.7 Å². The van der Waals surface area contributed by atoms with Crippen LogP contribution in [-0.4, -0.2) is 51.4 Å². The van der Waals surface area contributed by atoms with E-state index in [1.54, 1.807) is 0 Å². The number of esters is 1. The van der Waals surface area contributed by atoms with Crippen molar-refractivity contribution in [3.63, 3.8) is 0 Å². The SMILES string of the molecule is C=C(C(=O)[O-])C(CCOC)(CC(=O)OCCOCCCCCC)C(=O)[O-]. The highest BCUT2D eigenvalue weighted by Crippen LogP contribution is 2.34. The van der Waals surface area contributed by atoms with Gasteiger partial charge in [0.2, 0.25) is 0 Å². The first-order valence-electron chi connectivity index (χ1n) is 8.66. The van der Waals surface area contributed by atoms with Gasteiger partial charge in [-0.05, 0) is 18.4 Å². The molecule has 8 nitrogen and oxygen atoms in total. The molecule has 0 saturated carbocycles. The minimum atomic E-state index is -2.15. The van der Waals surface area contributed by atoms with Crippen LogP contribution in [0.1, 0.15) is 45.4 Å². The summed E-state index contributed by atoms with van der Waals surface area (Å²) in [5.41, 5.74) is -2.90. The molecule has 0 spiro atoms. The Morgan fingerprint density at radius 1 is 1.00 bits per heavy atom. The molecule has 0 aromatic carbocycles. The van der Waals surface area contributed by atoms with Gasteiger partial charge in [-0.1, -0.05) is 32.8 Å². The summed E-state index contributed by atoms with van der Waals surface area (Å²) in [6.07, 6.45) is 3.20. The third-order valence-corrected chi connectivity index (χ3v) is 4.03. The van der Waals surface area contributed by atoms with Crippen LogP contribution in [0.3, 0.4) is 0 Å². The Morgan fingerprint density at radius 3 is 2.23 bits per heavy atom. The number of hydrogen-bond acceptors (Lipinski definition) is 8. The molecule has 0 aliphatic rings. The van der Waals surface area contributed by atoms with Gasteiger partial charge >= 0.3 is 5.97 Å². The first-order valence-corrected chi connectivity index (χ1v) is 8.66. The number of hydrogen-bond donors (Lipinski definition) is 0. The van der Waals surface area contributed by atoms with Crippen LogP contribution in [0.4, 0.5) is 0 Å². The third-order valence-electron chi connectivity index (χ3n) is 4.03. The number of unbranched alkanes of at least 4 members (excludes halogenated alkanes) is 3. The van der Waals surface area contributed by atoms with Crippen LogP contribution in [0.15, 0.2) is 12.2 Å². The number of carbonyl (C=O) groups excluding carboxylic acids is 3. The van der Waals surface area contributed by atoms with Gasteiger partial charge in [0.25, 0.3) is 0 Å². The molecule has 0 heterocycles. The Morgan fingerprint density at radius 2 is 1.69 bits per heavy atom. The molecule has 0 bridgehead atoms. The highest BCUT2D eigenvalue weighted by atomic mass is 16.6. The Labute approximate surface area is 154 Å². The van der Waals surface area contributed by atoms with Gasteiger partial charge in [0.15, 0.2) is 0 Å². The van der Waals surface area contributed by atoms with Gasteiger partial charge in [0.1, 0.15) is 6.61 Å². The minimum Gasteiger partial charge on any atom is -0.549 e. The summed E-state index contributed by atoms with van der Waals surface area (Å²) in [4.78, 5) is 34.6. The first kappa shape index (κ1) is 24.1. The van der Waals surface area contributed by atoms with Crippen LogP contribution in [-0.2, 0) is 28.6 Å². The summed E-state index contributed by atoms with van der Waals surface area (Å²) < 4.78 is 15.0. The lowest BCUT2D eigenvalue weighted by Gasteiger charge is -2.36. The largest absolute Gasteiger partial charge is 0.549 e. The lowest BCUT2D eigenvalue weighted by Crippen LogP contribution is -2.49. The molecule has 0 rings (SSSR count). The molecule has 0 saturated heterocycles. The molecule has 0 N–H and O–H groups in total. The number of aliphatic carboxylic acids is 2. The molecule has 0 aliphatic carbocycles. The second-order valence-corrected chi connectivity index (χ2v) is 5.95. The van der Waals surface area contributed by atoms with E-state index in [1.807, 2.05) is 0 Å². The number of methoxy groups -OCH3 is 1. The second-order valence-electron chi connectivity index (χ2n) is 5.95. The number of carbonyl (C=O) groups is 3. The molecule has 0 aromatic rings. The lowest BCUT2D eigenvalue weighted by molar-refractivity contribution is -0.322. The zero-order valence-electron chi connectivity index (χ0n) is 15.5. The van der Waals surface area contributed by atoms with Crippen molar-refractivity contribution in [2.45, 2.75) is 45.4 Å². The van der Waals surface area contributed by atoms with Gasteiger partial charge in [0.05, 0.1) is 25.0 Å². The van der Waals surface area contributed by atoms with Crippen molar-refractivity contribution in [3.8, 4) is 0 Å². The summed E-state index contributed by atoms with van der Waals surface area (Å²) in [7, 11) is 1.32. The summed E-state index contributed by atoms with van der Waals surface area (Å²) in [5, 5.41) is 22.6. The fourth-order valence-corrected chi connectivity index (χ4v) is 2.36. The van der Waals surface area contributed by atoms with Crippen molar-refractivity contribution in [1.82, 2.24) is 0 Å². The minimum absolute atomic E-state index is 0.0577. The van der Waals surface area contributed by atoms with Gasteiger partial charge in [-0.2, -0.15) is 0 Å². The van der Waals surface area contributed by atoms with E-state index in [4.69, 9.17) is 14.2 Å². The molecule has 1 unspecified atom stereocenters. The molecule has 0 aliphatic heterocycles. The molecule has 0 fully saturated rings. The van der Waals surface area contributed by atoms with Crippen LogP contribution in [0.5, 0.6) is 0 Å². The highest BCUT2D eigenvalue weighted by molar-refractivity contribution is 5.96. The predicted octanol–water partition coefficient (Wildman–Crippen LogP) is -0.404. The van der Waals surface area contributed by atoms with E-state index in [0.29, 0.717) is 6.61 Å². The smallest absolute Gasteiger partial charge is 0.307 e. The van der Waals surface area contributed by atoms with E-state index < -0.39 is 35.3 Å². The molecule has 26 heavy (non-hydrogen) atoms. The van der Waals surface area contributed by atoms with Crippen LogP contribution in [0.25, 0.3) is 0 Å². The van der Waals surface area contributed by atoms with Crippen molar-refractivity contribution in [2.75, 3.05) is 33.5 Å². The number of carboxylic acids is 2. The number of rotatable bonds is 16. The number of carboxylic acid groups (broad SMARTS) is 2. The Hall–Kier alpha value is -1.93. The summed E-state index contributed by atoms with van der Waals surface area (Å²) >= 11 is 0. The molecule has 1 atom stereocenters. The third kappa shape index (κ3) is 8.44. The number of ether oxygens (including phenoxy) is 3. The standard InChI is InChI=1S/C18H30O8/c1-4-5-6-7-9-25-11-12-26-15(19)13-18(17(22)23,8-10-24-3)14(2)16(20)21/h2,4-13H2,1,3H3,(H,20,21)(H,22,23)/p-2. The van der Waals surface area contributed by atoms with Crippen LogP contribution in [0.2, 0.25) is 0 Å². The highest BCUT2D eigenvalue weighted by Gasteiger charge is 2.38. The topological polar surface area (TPSA) is 125 Å². The van der Waals surface area contributed by atoms with Crippen molar-refractivity contribution in [2.24, 2.45) is 5.41 Å². The predicted molar refractivity (Wildman–Crippen MR) is 88.6 cm³/mol. The first-order chi connectivity index (χ1) is 12.3. The maximum absolute atomic E-state index is 12.0. The normalized spacial score (nSPS) is 13.0. The second kappa shape index (κ2) is 13.3. The monoisotopic (exact) mass is 372 g/mol. The Bertz CT molecular complexity index is 474. The molecular formula is C18H28O8-2. The van der Waals surface area contributed by atoms with E-state index >= 15 is 0 Å². The van der Waals surface area contributed by atoms with Crippen LogP contribution < -0.4 is 10.2 Å². The molecule has 150 valence electrons. The molecular weight excluding hydrogens is 344 g/mol. The Balaban J connectivity index is 4.56. The fourth-order valence-electron chi connectivity index (χ4n) is 2.36. The zero-order chi connectivity index (χ0) is 20.0. The fraction of sp³-hybridized carbons (Fsp3) is 0.722. The summed E-state index contributed by atoms with van der Waals surface area (Å²) in [5.74, 6) is -4.40. The maximum atomic E-state index is 12.0. The van der Waals surface area contributed by atoms with E-state index in [1.165, 1.54) is 7.11 Å². The maximum Gasteiger partial charge on any atom is 0.307 e. The lowest BCUT2D eigenvalue weighted by atomic mass is 9.75. The Kier molecular flexibility index (Phi) is 12.3. The van der Waals surface area contributed by atoms with Gasteiger partial charge < -0.3 is 34.0 Å². The zero-order valence-corrected chi connectivity index (χ0v) is 15.5. The van der Waals surface area contributed by atoms with Crippen molar-refractivity contribution >= 4 is 17.9 Å². The molecule has 0 radical (unpaired) electrons. The van der Waals surface area contributed by atoms with E-state index in [2.05, 4.69) is 13.5 Å². The van der Waals surface area contributed by atoms with Gasteiger partial charge in [-0.3, -0.25) is 4.79 Å².